The SMILES string of the molecule is COc1cc(-c2c(C)c(-c3ccc(Cl)cc3)nc(N)c2C#N)cc(OC)c1O. The predicted octanol–water partition coefficient (Wildman–Crippen LogP) is 4.55. The Morgan fingerprint density at radius 1 is 1.07 bits per heavy atom. The first-order valence-corrected chi connectivity index (χ1v) is 8.70. The Balaban J connectivity index is 2.35. The van der Waals surface area contributed by atoms with Gasteiger partial charge in [-0.25, -0.2) is 4.98 Å². The van der Waals surface area contributed by atoms with Gasteiger partial charge in [-0.15, -0.1) is 0 Å². The smallest absolute Gasteiger partial charge is 0.200 e. The van der Waals surface area contributed by atoms with Gasteiger partial charge < -0.3 is 20.3 Å². The van der Waals surface area contributed by atoms with Gasteiger partial charge in [0, 0.05) is 16.1 Å². The van der Waals surface area contributed by atoms with Gasteiger partial charge in [0.2, 0.25) is 5.75 Å². The molecule has 142 valence electrons. The molecule has 7 heteroatoms. The van der Waals surface area contributed by atoms with Gasteiger partial charge >= 0.3 is 0 Å². The summed E-state index contributed by atoms with van der Waals surface area (Å²) in [5, 5.41) is 20.5. The van der Waals surface area contributed by atoms with Crippen LogP contribution in [-0.2, 0) is 0 Å². The zero-order valence-corrected chi connectivity index (χ0v) is 16.3. The maximum absolute atomic E-state index is 10.2. The summed E-state index contributed by atoms with van der Waals surface area (Å²) in [6.45, 7) is 1.86. The maximum Gasteiger partial charge on any atom is 0.200 e. The Labute approximate surface area is 167 Å². The molecule has 0 spiro atoms. The van der Waals surface area contributed by atoms with E-state index in [0.29, 0.717) is 21.8 Å². The first-order valence-electron chi connectivity index (χ1n) is 8.32. The number of benzene rings is 2. The molecule has 3 N–H and O–H groups in total. The van der Waals surface area contributed by atoms with Gasteiger partial charge in [-0.2, -0.15) is 5.26 Å². The minimum absolute atomic E-state index is 0.110. The van der Waals surface area contributed by atoms with E-state index in [2.05, 4.69) is 11.1 Å². The molecule has 0 aliphatic heterocycles. The highest BCUT2D eigenvalue weighted by atomic mass is 35.5. The summed E-state index contributed by atoms with van der Waals surface area (Å²) in [6, 6.07) is 12.6. The third-order valence-electron chi connectivity index (χ3n) is 4.47. The average molecular weight is 396 g/mol. The zero-order valence-electron chi connectivity index (χ0n) is 15.6. The summed E-state index contributed by atoms with van der Waals surface area (Å²) in [6.07, 6.45) is 0. The summed E-state index contributed by atoms with van der Waals surface area (Å²) in [4.78, 5) is 4.43. The van der Waals surface area contributed by atoms with Crippen LogP contribution in [0, 0.1) is 18.3 Å². The van der Waals surface area contributed by atoms with E-state index in [0.717, 1.165) is 11.1 Å². The van der Waals surface area contributed by atoms with Gasteiger partial charge in [-0.05, 0) is 42.3 Å². The van der Waals surface area contributed by atoms with Gasteiger partial charge in [-0.1, -0.05) is 23.7 Å². The lowest BCUT2D eigenvalue weighted by Gasteiger charge is -2.17. The van der Waals surface area contributed by atoms with Gasteiger partial charge in [0.05, 0.1) is 19.9 Å². The fourth-order valence-corrected chi connectivity index (χ4v) is 3.22. The summed E-state index contributed by atoms with van der Waals surface area (Å²) in [5.74, 6) is 0.436. The lowest BCUT2D eigenvalue weighted by molar-refractivity contribution is 0.340. The van der Waals surface area contributed by atoms with Gasteiger partial charge in [-0.3, -0.25) is 0 Å². The number of aromatic hydroxyl groups is 1. The second-order valence-corrected chi connectivity index (χ2v) is 6.51. The van der Waals surface area contributed by atoms with Crippen LogP contribution in [0.5, 0.6) is 17.2 Å². The van der Waals surface area contributed by atoms with Crippen molar-refractivity contribution in [1.29, 1.82) is 5.26 Å². The van der Waals surface area contributed by atoms with Crippen molar-refractivity contribution in [2.75, 3.05) is 20.0 Å². The van der Waals surface area contributed by atoms with E-state index in [1.807, 2.05) is 19.1 Å². The number of hydrogen-bond acceptors (Lipinski definition) is 6. The maximum atomic E-state index is 10.2. The Kier molecular flexibility index (Phi) is 5.30. The van der Waals surface area contributed by atoms with Crippen LogP contribution in [-0.4, -0.2) is 24.3 Å². The Hall–Kier alpha value is -3.43. The molecule has 0 amide bonds. The first kappa shape index (κ1) is 19.3. The topological polar surface area (TPSA) is 101 Å². The van der Waals surface area contributed by atoms with Crippen molar-refractivity contribution < 1.29 is 14.6 Å². The number of hydrogen-bond donors (Lipinski definition) is 2. The third-order valence-corrected chi connectivity index (χ3v) is 4.72. The fourth-order valence-electron chi connectivity index (χ4n) is 3.09. The van der Waals surface area contributed by atoms with Gasteiger partial charge in [0.25, 0.3) is 0 Å². The lowest BCUT2D eigenvalue weighted by Crippen LogP contribution is -2.03. The van der Waals surface area contributed by atoms with Crippen molar-refractivity contribution in [2.45, 2.75) is 6.92 Å². The number of aromatic nitrogens is 1. The van der Waals surface area contributed by atoms with Crippen LogP contribution in [0.1, 0.15) is 11.1 Å². The third kappa shape index (κ3) is 3.28. The van der Waals surface area contributed by atoms with Crippen LogP contribution in [0.15, 0.2) is 36.4 Å². The molecule has 2 aromatic carbocycles. The van der Waals surface area contributed by atoms with E-state index in [1.165, 1.54) is 14.2 Å². The van der Waals surface area contributed by atoms with E-state index in [1.54, 1.807) is 24.3 Å². The van der Waals surface area contributed by atoms with Gasteiger partial charge in [0.1, 0.15) is 17.5 Å². The Morgan fingerprint density at radius 3 is 2.14 bits per heavy atom. The molecule has 0 radical (unpaired) electrons. The minimum Gasteiger partial charge on any atom is -0.502 e. The highest BCUT2D eigenvalue weighted by molar-refractivity contribution is 6.30. The standard InChI is InChI=1S/C21H18ClN3O3/c1-11-18(13-8-16(27-2)20(26)17(9-13)28-3)15(10-23)21(24)25-19(11)12-4-6-14(22)7-5-12/h4-9,26H,1-3H3,(H2,24,25). The molecule has 3 aromatic rings. The van der Waals surface area contributed by atoms with E-state index in [4.69, 9.17) is 26.8 Å². The van der Waals surface area contributed by atoms with E-state index >= 15 is 0 Å². The fraction of sp³-hybridized carbons (Fsp3) is 0.143. The molecule has 0 fully saturated rings. The van der Waals surface area contributed by atoms with Crippen molar-refractivity contribution in [2.24, 2.45) is 0 Å². The zero-order chi connectivity index (χ0) is 20.4. The molecule has 0 unspecified atom stereocenters. The summed E-state index contributed by atoms with van der Waals surface area (Å²) in [5.41, 5.74) is 9.76. The van der Waals surface area contributed by atoms with Crippen LogP contribution < -0.4 is 15.2 Å². The number of halogens is 1. The molecule has 3 rings (SSSR count). The monoisotopic (exact) mass is 395 g/mol. The number of nitrogens with zero attached hydrogens (tertiary/aromatic N) is 2. The Bertz CT molecular complexity index is 1060. The quantitative estimate of drug-likeness (QED) is 0.671. The molecule has 0 aliphatic rings. The molecular weight excluding hydrogens is 378 g/mol. The van der Waals surface area contributed by atoms with Crippen molar-refractivity contribution in [3.63, 3.8) is 0 Å². The van der Waals surface area contributed by atoms with Gasteiger partial charge in [0.15, 0.2) is 11.5 Å². The second-order valence-electron chi connectivity index (χ2n) is 6.07. The molecule has 28 heavy (non-hydrogen) atoms. The number of methoxy groups -OCH3 is 2. The summed E-state index contributed by atoms with van der Waals surface area (Å²) >= 11 is 5.99. The summed E-state index contributed by atoms with van der Waals surface area (Å²) in [7, 11) is 2.88. The van der Waals surface area contributed by atoms with E-state index in [-0.39, 0.29) is 28.6 Å². The second kappa shape index (κ2) is 7.67. The van der Waals surface area contributed by atoms with Crippen LogP contribution >= 0.6 is 11.6 Å². The van der Waals surface area contributed by atoms with Crippen LogP contribution in [0.3, 0.4) is 0 Å². The van der Waals surface area contributed by atoms with Crippen molar-refractivity contribution in [3.8, 4) is 45.7 Å². The van der Waals surface area contributed by atoms with Crippen molar-refractivity contribution in [1.82, 2.24) is 4.98 Å². The number of ether oxygens (including phenoxy) is 2. The lowest BCUT2D eigenvalue weighted by atomic mass is 9.92. The molecule has 0 aliphatic carbocycles. The average Bonchev–Trinajstić information content (AvgIpc) is 2.70. The predicted molar refractivity (Wildman–Crippen MR) is 109 cm³/mol. The van der Waals surface area contributed by atoms with E-state index < -0.39 is 0 Å². The number of nitrogen functional groups attached to an aromatic ring is 1. The molecule has 1 aromatic heterocycles. The highest BCUT2D eigenvalue weighted by Crippen LogP contribution is 2.43. The van der Waals surface area contributed by atoms with E-state index in [9.17, 15) is 10.4 Å². The number of phenols is 1. The number of anilines is 1. The van der Waals surface area contributed by atoms with Crippen molar-refractivity contribution >= 4 is 17.4 Å². The first-order chi connectivity index (χ1) is 13.4. The summed E-state index contributed by atoms with van der Waals surface area (Å²) < 4.78 is 10.5. The number of nitrogens with two attached hydrogens (primary N) is 1. The molecule has 0 atom stereocenters. The molecule has 0 saturated heterocycles. The van der Waals surface area contributed by atoms with Crippen LogP contribution in [0.4, 0.5) is 5.82 Å². The molecular formula is C21H18ClN3O3. The number of pyridine rings is 1. The highest BCUT2D eigenvalue weighted by Gasteiger charge is 2.21. The number of rotatable bonds is 4. The van der Waals surface area contributed by atoms with Crippen LogP contribution in [0.2, 0.25) is 5.02 Å². The normalized spacial score (nSPS) is 10.4. The molecule has 1 heterocycles. The number of nitriles is 1. The number of phenolic OH excluding ortho intramolecular Hbond substituents is 1. The minimum atomic E-state index is -0.120. The molecule has 0 saturated carbocycles. The van der Waals surface area contributed by atoms with Crippen molar-refractivity contribution in [3.05, 3.63) is 52.5 Å². The van der Waals surface area contributed by atoms with Crippen LogP contribution in [0.25, 0.3) is 22.4 Å². The molecule has 0 bridgehead atoms. The molecule has 6 nitrogen and oxygen atoms in total. The Morgan fingerprint density at radius 2 is 1.64 bits per heavy atom. The largest absolute Gasteiger partial charge is 0.502 e.